The lowest BCUT2D eigenvalue weighted by Gasteiger charge is -2.35. The Morgan fingerprint density at radius 1 is 0.971 bits per heavy atom. The summed E-state index contributed by atoms with van der Waals surface area (Å²) < 4.78 is 6.09. The summed E-state index contributed by atoms with van der Waals surface area (Å²) in [5, 5.41) is 3.65. The topological polar surface area (TPSA) is 74.0 Å². The van der Waals surface area contributed by atoms with E-state index >= 15 is 0 Å². The van der Waals surface area contributed by atoms with Gasteiger partial charge in [0.25, 0.3) is 5.56 Å². The highest BCUT2D eigenvalue weighted by molar-refractivity contribution is 6.23. The first kappa shape index (κ1) is 20.7. The second-order valence-corrected chi connectivity index (χ2v) is 9.87. The fourth-order valence-corrected chi connectivity index (χ4v) is 6.02. The molecule has 1 saturated carbocycles. The number of nitrogens with one attached hydrogen (secondary N) is 2. The van der Waals surface area contributed by atoms with E-state index in [1.165, 1.54) is 31.2 Å². The molecule has 0 spiro atoms. The second-order valence-electron chi connectivity index (χ2n) is 9.87. The Labute approximate surface area is 202 Å². The van der Waals surface area contributed by atoms with Gasteiger partial charge in [-0.25, -0.2) is 4.98 Å². The first-order valence-corrected chi connectivity index (χ1v) is 12.6. The number of aromatic nitrogens is 3. The van der Waals surface area contributed by atoms with Crippen LogP contribution in [0.15, 0.2) is 65.6 Å². The van der Waals surface area contributed by atoms with Gasteiger partial charge in [-0.3, -0.25) is 4.79 Å². The Kier molecular flexibility index (Phi) is 4.87. The number of H-pyrrole nitrogens is 2. The highest BCUT2D eigenvalue weighted by Gasteiger charge is 2.25. The largest absolute Gasteiger partial charge is 0.370 e. The lowest BCUT2D eigenvalue weighted by molar-refractivity contribution is 0.0398. The Morgan fingerprint density at radius 2 is 1.83 bits per heavy atom. The van der Waals surface area contributed by atoms with Gasteiger partial charge in [-0.1, -0.05) is 49.2 Å². The molecule has 2 aromatic heterocycles. The van der Waals surface area contributed by atoms with Crippen molar-refractivity contribution in [2.45, 2.75) is 37.7 Å². The molecule has 1 atom stereocenters. The van der Waals surface area contributed by atoms with E-state index in [9.17, 15) is 4.79 Å². The number of fused-ring (bicyclic) bond motifs is 6. The number of rotatable bonds is 3. The number of morpholine rings is 1. The van der Waals surface area contributed by atoms with Gasteiger partial charge in [0.2, 0.25) is 0 Å². The van der Waals surface area contributed by atoms with Crippen LogP contribution in [0.4, 0.5) is 5.69 Å². The summed E-state index contributed by atoms with van der Waals surface area (Å²) >= 11 is 0. The van der Waals surface area contributed by atoms with Crippen LogP contribution in [0.5, 0.6) is 0 Å². The van der Waals surface area contributed by atoms with Gasteiger partial charge in [-0.2, -0.15) is 0 Å². The maximum Gasteiger partial charge on any atom is 0.256 e. The predicted octanol–water partition coefficient (Wildman–Crippen LogP) is 5.79. The van der Waals surface area contributed by atoms with E-state index in [0.717, 1.165) is 51.8 Å². The van der Waals surface area contributed by atoms with E-state index in [4.69, 9.17) is 9.72 Å². The molecule has 6 nitrogen and oxygen atoms in total. The number of pyridine rings is 1. The standard InChI is InChI=1S/C29H28N4O2/c34-29-25-22(12-13-30-29)27-26(31-28(32-27)19-8-4-5-9-19)21-11-10-20(16-23(21)25)33-14-15-35-24(17-33)18-6-2-1-3-7-18/h1-3,6-7,10-13,16,19,24H,4-5,8-9,14-15,17H2,(H,30,34)(H,31,32)/t24-/m0/s1. The second kappa shape index (κ2) is 8.24. The molecule has 0 bridgehead atoms. The van der Waals surface area contributed by atoms with Crippen molar-refractivity contribution >= 4 is 38.3 Å². The van der Waals surface area contributed by atoms with Gasteiger partial charge in [0.05, 0.1) is 23.0 Å². The van der Waals surface area contributed by atoms with Crippen molar-refractivity contribution in [2.24, 2.45) is 0 Å². The molecule has 2 N–H and O–H groups in total. The van der Waals surface area contributed by atoms with Crippen LogP contribution in [-0.2, 0) is 4.74 Å². The van der Waals surface area contributed by atoms with Crippen LogP contribution >= 0.6 is 0 Å². The molecule has 6 heteroatoms. The summed E-state index contributed by atoms with van der Waals surface area (Å²) in [4.78, 5) is 27.1. The monoisotopic (exact) mass is 464 g/mol. The van der Waals surface area contributed by atoms with Crippen LogP contribution < -0.4 is 10.5 Å². The van der Waals surface area contributed by atoms with Crippen molar-refractivity contribution in [3.8, 4) is 0 Å². The Bertz CT molecular complexity index is 1600. The zero-order valence-electron chi connectivity index (χ0n) is 19.6. The number of ether oxygens (including phenoxy) is 1. The first-order chi connectivity index (χ1) is 17.3. The maximum atomic E-state index is 13.1. The fourth-order valence-electron chi connectivity index (χ4n) is 6.02. The van der Waals surface area contributed by atoms with Gasteiger partial charge in [-0.15, -0.1) is 0 Å². The van der Waals surface area contributed by atoms with Gasteiger partial charge in [0, 0.05) is 41.7 Å². The van der Waals surface area contributed by atoms with Gasteiger partial charge >= 0.3 is 0 Å². The van der Waals surface area contributed by atoms with Crippen molar-refractivity contribution in [3.63, 3.8) is 0 Å². The average molecular weight is 465 g/mol. The third kappa shape index (κ3) is 3.43. The Morgan fingerprint density at radius 3 is 2.69 bits per heavy atom. The van der Waals surface area contributed by atoms with Crippen molar-refractivity contribution in [1.29, 1.82) is 0 Å². The number of benzene rings is 3. The number of aromatic amines is 2. The third-order valence-electron chi connectivity index (χ3n) is 7.82. The molecule has 0 amide bonds. The quantitative estimate of drug-likeness (QED) is 0.331. The van der Waals surface area contributed by atoms with Crippen LogP contribution in [0.2, 0.25) is 0 Å². The minimum Gasteiger partial charge on any atom is -0.370 e. The number of nitrogens with zero attached hydrogens (tertiary/aromatic N) is 2. The van der Waals surface area contributed by atoms with Crippen LogP contribution in [0.3, 0.4) is 0 Å². The van der Waals surface area contributed by atoms with Gasteiger partial charge in [0.15, 0.2) is 0 Å². The molecule has 2 aliphatic rings. The smallest absolute Gasteiger partial charge is 0.256 e. The predicted molar refractivity (Wildman–Crippen MR) is 140 cm³/mol. The average Bonchev–Trinajstić information content (AvgIpc) is 3.60. The van der Waals surface area contributed by atoms with Crippen LogP contribution in [0, 0.1) is 0 Å². The molecule has 0 unspecified atom stereocenters. The molecule has 35 heavy (non-hydrogen) atoms. The Balaban J connectivity index is 1.38. The molecule has 1 saturated heterocycles. The van der Waals surface area contributed by atoms with E-state index in [-0.39, 0.29) is 11.7 Å². The summed E-state index contributed by atoms with van der Waals surface area (Å²) in [6, 6.07) is 18.9. The fraction of sp³-hybridized carbons (Fsp3) is 0.310. The number of anilines is 1. The molecule has 5 aromatic rings. The molecule has 3 heterocycles. The van der Waals surface area contributed by atoms with Crippen molar-refractivity contribution in [3.05, 3.63) is 82.5 Å². The summed E-state index contributed by atoms with van der Waals surface area (Å²) in [5.74, 6) is 1.55. The summed E-state index contributed by atoms with van der Waals surface area (Å²) in [6.07, 6.45) is 6.65. The van der Waals surface area contributed by atoms with E-state index in [1.807, 2.05) is 12.1 Å². The summed E-state index contributed by atoms with van der Waals surface area (Å²) in [7, 11) is 0. The minimum atomic E-state index is -0.0684. The molecule has 176 valence electrons. The minimum absolute atomic E-state index is 0.0323. The molecular formula is C29H28N4O2. The summed E-state index contributed by atoms with van der Waals surface area (Å²) in [6.45, 7) is 2.27. The number of hydrogen-bond donors (Lipinski definition) is 2. The van der Waals surface area contributed by atoms with Gasteiger partial charge in [-0.05, 0) is 42.0 Å². The third-order valence-corrected chi connectivity index (χ3v) is 7.82. The van der Waals surface area contributed by atoms with Crippen LogP contribution in [0.1, 0.15) is 49.1 Å². The maximum absolute atomic E-state index is 13.1. The van der Waals surface area contributed by atoms with E-state index in [1.54, 1.807) is 6.20 Å². The summed E-state index contributed by atoms with van der Waals surface area (Å²) in [5.41, 5.74) is 4.18. The van der Waals surface area contributed by atoms with E-state index in [2.05, 4.69) is 57.3 Å². The molecule has 3 aromatic carbocycles. The zero-order chi connectivity index (χ0) is 23.4. The van der Waals surface area contributed by atoms with Crippen LogP contribution in [0.25, 0.3) is 32.6 Å². The van der Waals surface area contributed by atoms with Gasteiger partial charge in [0.1, 0.15) is 11.9 Å². The highest BCUT2D eigenvalue weighted by Crippen LogP contribution is 2.38. The van der Waals surface area contributed by atoms with Crippen molar-refractivity contribution in [2.75, 3.05) is 24.6 Å². The molecule has 1 aliphatic heterocycles. The number of hydrogen-bond acceptors (Lipinski definition) is 4. The van der Waals surface area contributed by atoms with Crippen molar-refractivity contribution in [1.82, 2.24) is 15.0 Å². The highest BCUT2D eigenvalue weighted by atomic mass is 16.5. The molecule has 1 aliphatic carbocycles. The van der Waals surface area contributed by atoms with E-state index < -0.39 is 0 Å². The normalized spacial score (nSPS) is 19.3. The molecule has 0 radical (unpaired) electrons. The lowest BCUT2D eigenvalue weighted by atomic mass is 10.00. The van der Waals surface area contributed by atoms with Gasteiger partial charge < -0.3 is 19.6 Å². The Hall–Kier alpha value is -3.64. The number of imidazole rings is 1. The molecule has 7 rings (SSSR count). The molecular weight excluding hydrogens is 436 g/mol. The SMILES string of the molecule is O=c1[nH]ccc2c3nc(C4CCCC4)[nH]c3c3ccc(N4CCO[C@H](c5ccccc5)C4)cc3c12. The lowest BCUT2D eigenvalue weighted by Crippen LogP contribution is -2.38. The molecule has 2 fully saturated rings. The zero-order valence-corrected chi connectivity index (χ0v) is 19.6. The van der Waals surface area contributed by atoms with Crippen LogP contribution in [-0.4, -0.2) is 34.6 Å². The van der Waals surface area contributed by atoms with E-state index in [0.29, 0.717) is 17.9 Å². The first-order valence-electron chi connectivity index (χ1n) is 12.6. The van der Waals surface area contributed by atoms with Crippen molar-refractivity contribution < 1.29 is 4.74 Å².